The zero-order chi connectivity index (χ0) is 14.1. The Hall–Kier alpha value is -0.300. The van der Waals surface area contributed by atoms with Gasteiger partial charge < -0.3 is 9.72 Å². The third-order valence-electron chi connectivity index (χ3n) is 3.89. The minimum Gasteiger partial charge on any atom is -0.368 e. The summed E-state index contributed by atoms with van der Waals surface area (Å²) < 4.78 is 7.50. The predicted octanol–water partition coefficient (Wildman–Crippen LogP) is 3.56. The predicted molar refractivity (Wildman–Crippen MR) is 84.5 cm³/mol. The first-order valence-electron chi connectivity index (χ1n) is 7.32. The minimum absolute atomic E-state index is 0.0163. The van der Waals surface area contributed by atoms with Crippen molar-refractivity contribution in [3.8, 4) is 0 Å². The molecule has 0 aromatic carbocycles. The van der Waals surface area contributed by atoms with Gasteiger partial charge in [-0.3, -0.25) is 4.90 Å². The van der Waals surface area contributed by atoms with Crippen molar-refractivity contribution < 1.29 is 4.74 Å². The van der Waals surface area contributed by atoms with Crippen molar-refractivity contribution in [1.82, 2.24) is 14.9 Å². The van der Waals surface area contributed by atoms with Gasteiger partial charge in [0, 0.05) is 24.7 Å². The van der Waals surface area contributed by atoms with Crippen molar-refractivity contribution >= 4 is 28.1 Å². The number of ether oxygens (including phenoxy) is 1. The average molecular weight is 358 g/mol. The van der Waals surface area contributed by atoms with Crippen molar-refractivity contribution in [2.75, 3.05) is 26.2 Å². The molecule has 110 valence electrons. The Labute approximate surface area is 133 Å². The Morgan fingerprint density at radius 1 is 1.50 bits per heavy atom. The van der Waals surface area contributed by atoms with Crippen LogP contribution < -0.4 is 0 Å². The van der Waals surface area contributed by atoms with Crippen LogP contribution in [0.3, 0.4) is 0 Å². The molecule has 0 spiro atoms. The summed E-state index contributed by atoms with van der Waals surface area (Å²) in [6.07, 6.45) is 3.66. The fraction of sp³-hybridized carbons (Fsp3) is 0.714. The summed E-state index contributed by atoms with van der Waals surface area (Å²) in [5, 5.41) is 0. The van der Waals surface area contributed by atoms with Crippen LogP contribution in [0.5, 0.6) is 0 Å². The zero-order valence-electron chi connectivity index (χ0n) is 11.7. The Morgan fingerprint density at radius 3 is 3.00 bits per heavy atom. The van der Waals surface area contributed by atoms with E-state index in [4.69, 9.17) is 17.0 Å². The van der Waals surface area contributed by atoms with Crippen LogP contribution in [0, 0.1) is 4.64 Å². The summed E-state index contributed by atoms with van der Waals surface area (Å²) in [6, 6.07) is 0. The molecule has 2 fully saturated rings. The normalized spacial score (nSPS) is 24.0. The highest BCUT2D eigenvalue weighted by Gasteiger charge is 2.30. The van der Waals surface area contributed by atoms with E-state index in [1.807, 2.05) is 0 Å². The van der Waals surface area contributed by atoms with Gasteiger partial charge in [-0.2, -0.15) is 0 Å². The smallest absolute Gasteiger partial charge is 0.144 e. The van der Waals surface area contributed by atoms with Crippen LogP contribution in [0.4, 0.5) is 0 Å². The quantitative estimate of drug-likeness (QED) is 0.836. The number of halogens is 1. The number of nitrogens with one attached hydrogen (secondary N) is 1. The Morgan fingerprint density at radius 2 is 2.30 bits per heavy atom. The van der Waals surface area contributed by atoms with Gasteiger partial charge in [0.05, 0.1) is 11.1 Å². The maximum Gasteiger partial charge on any atom is 0.144 e. The van der Waals surface area contributed by atoms with Gasteiger partial charge in [0.15, 0.2) is 0 Å². The number of aromatic amines is 1. The van der Waals surface area contributed by atoms with Gasteiger partial charge in [-0.25, -0.2) is 4.98 Å². The molecule has 4 nitrogen and oxygen atoms in total. The van der Waals surface area contributed by atoms with E-state index in [2.05, 4.69) is 37.7 Å². The maximum absolute atomic E-state index is 5.89. The fourth-order valence-corrected chi connectivity index (χ4v) is 3.41. The third-order valence-corrected chi connectivity index (χ3v) is 5.25. The number of rotatable bonds is 4. The molecule has 0 radical (unpaired) electrons. The number of aromatic nitrogens is 2. The summed E-state index contributed by atoms with van der Waals surface area (Å²) in [4.78, 5) is 10.4. The van der Waals surface area contributed by atoms with Crippen molar-refractivity contribution in [2.24, 2.45) is 0 Å². The summed E-state index contributed by atoms with van der Waals surface area (Å²) in [6.45, 7) is 6.00. The first-order chi connectivity index (χ1) is 9.69. The number of hydrogen-bond donors (Lipinski definition) is 1. The molecule has 1 saturated carbocycles. The average Bonchev–Trinajstić information content (AvgIpc) is 3.27. The van der Waals surface area contributed by atoms with E-state index in [1.54, 1.807) is 0 Å². The molecule has 0 amide bonds. The Bertz CT molecular complexity index is 542. The molecule has 6 heteroatoms. The van der Waals surface area contributed by atoms with Crippen LogP contribution in [-0.2, 0) is 4.74 Å². The third kappa shape index (κ3) is 3.13. The first kappa shape index (κ1) is 14.6. The van der Waals surface area contributed by atoms with Crippen LogP contribution in [-0.4, -0.2) is 41.1 Å². The standard InChI is InChI=1S/C14H20BrN3OS/c1-2-5-18-6-7-19-10(8-18)13-16-12(9-3-4-9)11(15)14(20)17-13/h9-10H,2-8H2,1H3,(H,16,17,20). The lowest BCUT2D eigenvalue weighted by molar-refractivity contribution is -0.0343. The van der Waals surface area contributed by atoms with Crippen molar-refractivity contribution in [2.45, 2.75) is 38.2 Å². The maximum atomic E-state index is 5.89. The second kappa shape index (κ2) is 6.22. The van der Waals surface area contributed by atoms with Crippen LogP contribution in [0.1, 0.15) is 49.7 Å². The molecular weight excluding hydrogens is 338 g/mol. The molecule has 1 aromatic rings. The van der Waals surface area contributed by atoms with Gasteiger partial charge in [-0.05, 0) is 41.7 Å². The van der Waals surface area contributed by atoms with E-state index in [9.17, 15) is 0 Å². The highest BCUT2D eigenvalue weighted by molar-refractivity contribution is 9.10. The van der Waals surface area contributed by atoms with Crippen LogP contribution in [0.15, 0.2) is 4.47 Å². The van der Waals surface area contributed by atoms with Gasteiger partial charge >= 0.3 is 0 Å². The highest BCUT2D eigenvalue weighted by Crippen LogP contribution is 2.42. The molecule has 0 bridgehead atoms. The van der Waals surface area contributed by atoms with E-state index in [0.29, 0.717) is 10.6 Å². The molecular formula is C14H20BrN3OS. The van der Waals surface area contributed by atoms with Crippen molar-refractivity contribution in [3.63, 3.8) is 0 Å². The molecule has 1 aliphatic heterocycles. The molecule has 3 rings (SSSR count). The molecule has 1 aromatic heterocycles. The lowest BCUT2D eigenvalue weighted by atomic mass is 10.2. The highest BCUT2D eigenvalue weighted by atomic mass is 79.9. The van der Waals surface area contributed by atoms with E-state index in [1.165, 1.54) is 25.0 Å². The minimum atomic E-state index is 0.0163. The first-order valence-corrected chi connectivity index (χ1v) is 8.52. The van der Waals surface area contributed by atoms with E-state index < -0.39 is 0 Å². The molecule has 1 saturated heterocycles. The van der Waals surface area contributed by atoms with Gasteiger partial charge in [0.1, 0.15) is 16.6 Å². The van der Waals surface area contributed by atoms with Crippen LogP contribution >= 0.6 is 28.1 Å². The van der Waals surface area contributed by atoms with Crippen molar-refractivity contribution in [1.29, 1.82) is 0 Å². The molecule has 1 atom stereocenters. The van der Waals surface area contributed by atoms with E-state index in [-0.39, 0.29) is 6.10 Å². The summed E-state index contributed by atoms with van der Waals surface area (Å²) in [5.74, 6) is 1.50. The van der Waals surface area contributed by atoms with Gasteiger partial charge in [0.25, 0.3) is 0 Å². The SMILES string of the molecule is CCCN1CCOC(c2nc(=S)c(Br)c(C3CC3)[nH]2)C1. The van der Waals surface area contributed by atoms with Gasteiger partial charge in [-0.15, -0.1) is 0 Å². The topological polar surface area (TPSA) is 41.1 Å². The Kier molecular flexibility index (Phi) is 4.55. The second-order valence-electron chi connectivity index (χ2n) is 5.59. The molecule has 1 aliphatic carbocycles. The lowest BCUT2D eigenvalue weighted by Crippen LogP contribution is -2.39. The Balaban J connectivity index is 1.84. The number of nitrogens with zero attached hydrogens (tertiary/aromatic N) is 2. The zero-order valence-corrected chi connectivity index (χ0v) is 14.1. The molecule has 1 unspecified atom stereocenters. The van der Waals surface area contributed by atoms with Crippen LogP contribution in [0.2, 0.25) is 0 Å². The summed E-state index contributed by atoms with van der Waals surface area (Å²) in [5.41, 5.74) is 1.20. The van der Waals surface area contributed by atoms with Gasteiger partial charge in [-0.1, -0.05) is 19.1 Å². The van der Waals surface area contributed by atoms with Crippen molar-refractivity contribution in [3.05, 3.63) is 20.6 Å². The molecule has 2 aliphatic rings. The van der Waals surface area contributed by atoms with E-state index in [0.717, 1.165) is 36.5 Å². The lowest BCUT2D eigenvalue weighted by Gasteiger charge is -2.32. The second-order valence-corrected chi connectivity index (χ2v) is 6.77. The monoisotopic (exact) mass is 357 g/mol. The van der Waals surface area contributed by atoms with Gasteiger partial charge in [0.2, 0.25) is 0 Å². The molecule has 1 N–H and O–H groups in total. The summed E-state index contributed by atoms with van der Waals surface area (Å²) in [7, 11) is 0. The number of hydrogen-bond acceptors (Lipinski definition) is 4. The summed E-state index contributed by atoms with van der Waals surface area (Å²) >= 11 is 8.94. The number of morpholine rings is 1. The van der Waals surface area contributed by atoms with E-state index >= 15 is 0 Å². The van der Waals surface area contributed by atoms with Crippen LogP contribution in [0.25, 0.3) is 0 Å². The largest absolute Gasteiger partial charge is 0.368 e. The number of H-pyrrole nitrogens is 1. The molecule has 2 heterocycles. The fourth-order valence-electron chi connectivity index (χ4n) is 2.69. The molecule has 20 heavy (non-hydrogen) atoms.